The quantitative estimate of drug-likeness (QED) is 0.821. The largest absolute Gasteiger partial charge is 0.480 e. The molecule has 0 spiro atoms. The highest BCUT2D eigenvalue weighted by Gasteiger charge is 2.41. The van der Waals surface area contributed by atoms with Crippen molar-refractivity contribution in [2.24, 2.45) is 0 Å². The van der Waals surface area contributed by atoms with Gasteiger partial charge in [-0.2, -0.15) is 4.31 Å². The fourth-order valence-corrected chi connectivity index (χ4v) is 5.72. The van der Waals surface area contributed by atoms with Crippen molar-refractivity contribution in [1.82, 2.24) is 9.21 Å². The summed E-state index contributed by atoms with van der Waals surface area (Å²) < 4.78 is 26.9. The SMILES string of the molecule is CCN(CC(=O)O)C(=O)C1CCCN1S(=O)(=O)c1ccc(C)s1. The van der Waals surface area contributed by atoms with Gasteiger partial charge in [0, 0.05) is 18.0 Å². The first-order valence-electron chi connectivity index (χ1n) is 7.36. The Kier molecular flexibility index (Phi) is 5.43. The second kappa shape index (κ2) is 6.98. The molecule has 1 fully saturated rings. The highest BCUT2D eigenvalue weighted by Crippen LogP contribution is 2.30. The Labute approximate surface area is 139 Å². The Morgan fingerprint density at radius 1 is 1.43 bits per heavy atom. The van der Waals surface area contributed by atoms with Crippen LogP contribution in [-0.4, -0.2) is 60.3 Å². The van der Waals surface area contributed by atoms with E-state index in [4.69, 9.17) is 5.11 Å². The van der Waals surface area contributed by atoms with Gasteiger partial charge >= 0.3 is 5.97 Å². The number of likely N-dealkylation sites (N-methyl/N-ethyl adjacent to an activating group) is 1. The average molecular weight is 360 g/mol. The molecule has 1 N–H and O–H groups in total. The summed E-state index contributed by atoms with van der Waals surface area (Å²) in [6.45, 7) is 3.59. The number of carbonyl (C=O) groups is 2. The number of rotatable bonds is 6. The summed E-state index contributed by atoms with van der Waals surface area (Å²) in [6, 6.07) is 2.46. The number of aryl methyl sites for hydroxylation is 1. The van der Waals surface area contributed by atoms with Crippen molar-refractivity contribution in [3.05, 3.63) is 17.0 Å². The number of carboxylic acid groups (broad SMARTS) is 1. The molecular formula is C14H20N2O5S2. The van der Waals surface area contributed by atoms with Crippen molar-refractivity contribution in [2.45, 2.75) is 36.9 Å². The van der Waals surface area contributed by atoms with Gasteiger partial charge in [0.15, 0.2) is 0 Å². The summed E-state index contributed by atoms with van der Waals surface area (Å²) in [5, 5.41) is 8.89. The van der Waals surface area contributed by atoms with E-state index in [0.29, 0.717) is 12.8 Å². The number of thiophene rings is 1. The molecular weight excluding hydrogens is 340 g/mol. The van der Waals surface area contributed by atoms with E-state index in [1.54, 1.807) is 19.1 Å². The molecule has 1 aliphatic rings. The maximum absolute atomic E-state index is 12.7. The Morgan fingerprint density at radius 3 is 2.65 bits per heavy atom. The molecule has 1 aromatic rings. The third kappa shape index (κ3) is 3.73. The van der Waals surface area contributed by atoms with Gasteiger partial charge in [0.05, 0.1) is 0 Å². The Hall–Kier alpha value is -1.45. The third-order valence-electron chi connectivity index (χ3n) is 3.79. The number of hydrogen-bond acceptors (Lipinski definition) is 5. The second-order valence-corrected chi connectivity index (χ2v) is 8.79. The van der Waals surface area contributed by atoms with E-state index in [1.807, 2.05) is 6.92 Å². The molecule has 2 heterocycles. The van der Waals surface area contributed by atoms with Crippen molar-refractivity contribution in [2.75, 3.05) is 19.6 Å². The van der Waals surface area contributed by atoms with Crippen LogP contribution in [0.2, 0.25) is 0 Å². The van der Waals surface area contributed by atoms with Crippen LogP contribution in [0.15, 0.2) is 16.3 Å². The summed E-state index contributed by atoms with van der Waals surface area (Å²) in [6.07, 6.45) is 1.00. The predicted molar refractivity (Wildman–Crippen MR) is 85.9 cm³/mol. The highest BCUT2D eigenvalue weighted by molar-refractivity contribution is 7.91. The van der Waals surface area contributed by atoms with Crippen LogP contribution in [0.1, 0.15) is 24.6 Å². The normalized spacial score (nSPS) is 19.0. The zero-order valence-electron chi connectivity index (χ0n) is 13.1. The molecule has 0 radical (unpaired) electrons. The molecule has 0 aromatic carbocycles. The van der Waals surface area contributed by atoms with Gasteiger partial charge in [-0.05, 0) is 38.8 Å². The van der Waals surface area contributed by atoms with Crippen LogP contribution in [0.4, 0.5) is 0 Å². The Bertz CT molecular complexity index is 698. The lowest BCUT2D eigenvalue weighted by atomic mass is 10.2. The molecule has 1 aromatic heterocycles. The number of amides is 1. The van der Waals surface area contributed by atoms with Crippen molar-refractivity contribution < 1.29 is 23.1 Å². The molecule has 128 valence electrons. The average Bonchev–Trinajstić information content (AvgIpc) is 3.12. The molecule has 0 bridgehead atoms. The second-order valence-electron chi connectivity index (χ2n) is 5.39. The first kappa shape index (κ1) is 17.9. The lowest BCUT2D eigenvalue weighted by Gasteiger charge is -2.27. The molecule has 1 aliphatic heterocycles. The number of nitrogens with zero attached hydrogens (tertiary/aromatic N) is 2. The van der Waals surface area contributed by atoms with Gasteiger partial charge in [0.25, 0.3) is 10.0 Å². The van der Waals surface area contributed by atoms with Crippen LogP contribution in [0, 0.1) is 6.92 Å². The van der Waals surface area contributed by atoms with E-state index in [9.17, 15) is 18.0 Å². The topological polar surface area (TPSA) is 95.0 Å². The van der Waals surface area contributed by atoms with Crippen molar-refractivity contribution >= 4 is 33.2 Å². The lowest BCUT2D eigenvalue weighted by molar-refractivity contribution is -0.145. The zero-order valence-corrected chi connectivity index (χ0v) is 14.7. The van der Waals surface area contributed by atoms with Crippen LogP contribution in [-0.2, 0) is 19.6 Å². The van der Waals surface area contributed by atoms with Crippen molar-refractivity contribution in [3.63, 3.8) is 0 Å². The number of hydrogen-bond donors (Lipinski definition) is 1. The van der Waals surface area contributed by atoms with E-state index in [2.05, 4.69) is 0 Å². The van der Waals surface area contributed by atoms with Gasteiger partial charge in [-0.25, -0.2) is 8.42 Å². The highest BCUT2D eigenvalue weighted by atomic mass is 32.2. The summed E-state index contributed by atoms with van der Waals surface area (Å²) in [7, 11) is -3.73. The van der Waals surface area contributed by atoms with Crippen molar-refractivity contribution in [3.8, 4) is 0 Å². The smallest absolute Gasteiger partial charge is 0.323 e. The monoisotopic (exact) mass is 360 g/mol. The summed E-state index contributed by atoms with van der Waals surface area (Å²) >= 11 is 1.17. The number of carbonyl (C=O) groups excluding carboxylic acids is 1. The zero-order chi connectivity index (χ0) is 17.2. The maximum atomic E-state index is 12.7. The van der Waals surface area contributed by atoms with Crippen LogP contribution >= 0.6 is 11.3 Å². The first-order chi connectivity index (χ1) is 10.8. The molecule has 9 heteroatoms. The first-order valence-corrected chi connectivity index (χ1v) is 9.62. The molecule has 1 unspecified atom stereocenters. The molecule has 1 amide bonds. The van der Waals surface area contributed by atoms with Crippen LogP contribution in [0.5, 0.6) is 0 Å². The van der Waals surface area contributed by atoms with Gasteiger partial charge in [-0.1, -0.05) is 0 Å². The van der Waals surface area contributed by atoms with Gasteiger partial charge in [0.1, 0.15) is 16.8 Å². The van der Waals surface area contributed by atoms with E-state index in [-0.39, 0.29) is 17.3 Å². The van der Waals surface area contributed by atoms with E-state index >= 15 is 0 Å². The van der Waals surface area contributed by atoms with Gasteiger partial charge in [-0.3, -0.25) is 9.59 Å². The van der Waals surface area contributed by atoms with Gasteiger partial charge in [0.2, 0.25) is 5.91 Å². The fraction of sp³-hybridized carbons (Fsp3) is 0.571. The predicted octanol–water partition coefficient (Wildman–Crippen LogP) is 1.14. The minimum absolute atomic E-state index is 0.219. The third-order valence-corrected chi connectivity index (χ3v) is 7.16. The maximum Gasteiger partial charge on any atom is 0.323 e. The Morgan fingerprint density at radius 2 is 2.13 bits per heavy atom. The summed E-state index contributed by atoms with van der Waals surface area (Å²) in [5.41, 5.74) is 0. The fourth-order valence-electron chi connectivity index (χ4n) is 2.66. The molecule has 1 saturated heterocycles. The minimum atomic E-state index is -3.73. The number of sulfonamides is 1. The molecule has 0 aliphatic carbocycles. The van der Waals surface area contributed by atoms with Gasteiger partial charge < -0.3 is 10.0 Å². The summed E-state index contributed by atoms with van der Waals surface area (Å²) in [5.74, 6) is -1.55. The molecule has 23 heavy (non-hydrogen) atoms. The van der Waals surface area contributed by atoms with Gasteiger partial charge in [-0.15, -0.1) is 11.3 Å². The summed E-state index contributed by atoms with van der Waals surface area (Å²) in [4.78, 5) is 25.5. The number of aliphatic carboxylic acids is 1. The van der Waals surface area contributed by atoms with Crippen molar-refractivity contribution in [1.29, 1.82) is 0 Å². The lowest BCUT2D eigenvalue weighted by Crippen LogP contribution is -2.48. The van der Waals surface area contributed by atoms with E-state index < -0.39 is 34.5 Å². The standard InChI is InChI=1S/C14H20N2O5S2/c1-3-15(9-12(17)18)14(19)11-5-4-8-16(11)23(20,21)13-7-6-10(2)22-13/h6-7,11H,3-5,8-9H2,1-2H3,(H,17,18). The molecule has 1 atom stereocenters. The molecule has 7 nitrogen and oxygen atoms in total. The molecule has 2 rings (SSSR count). The Balaban J connectivity index is 2.26. The van der Waals surface area contributed by atoms with Crippen LogP contribution in [0.3, 0.4) is 0 Å². The van der Waals surface area contributed by atoms with E-state index in [0.717, 1.165) is 4.88 Å². The number of carboxylic acids is 1. The van der Waals surface area contributed by atoms with Crippen LogP contribution < -0.4 is 0 Å². The van der Waals surface area contributed by atoms with E-state index in [1.165, 1.54) is 20.5 Å². The van der Waals surface area contributed by atoms with Crippen LogP contribution in [0.25, 0.3) is 0 Å². The molecule has 0 saturated carbocycles. The minimum Gasteiger partial charge on any atom is -0.480 e.